The lowest BCUT2D eigenvalue weighted by molar-refractivity contribution is -0.159. The molecule has 0 saturated carbocycles. The van der Waals surface area contributed by atoms with Crippen molar-refractivity contribution >= 4 is 23.7 Å². The molecule has 1 aromatic carbocycles. The molecule has 2 atom stereocenters. The molecule has 3 amide bonds. The van der Waals surface area contributed by atoms with E-state index in [0.29, 0.717) is 5.76 Å². The highest BCUT2D eigenvalue weighted by Crippen LogP contribution is 2.27. The number of carbonyl (C=O) groups excluding carboxylic acids is 4. The van der Waals surface area contributed by atoms with E-state index in [0.717, 1.165) is 4.90 Å². The quantitative estimate of drug-likeness (QED) is 0.528. The van der Waals surface area contributed by atoms with Gasteiger partial charge in [0.15, 0.2) is 6.10 Å². The number of rotatable bonds is 8. The third kappa shape index (κ3) is 4.42. The Bertz CT molecular complexity index is 915. The number of ether oxygens (including phenoxy) is 1. The molecule has 1 N–H and O–H groups in total. The fourth-order valence-corrected chi connectivity index (χ4v) is 3.28. The lowest BCUT2D eigenvalue weighted by atomic mass is 10.0. The lowest BCUT2D eigenvalue weighted by Crippen LogP contribution is -2.48. The molecule has 1 aliphatic heterocycles. The molecule has 0 spiro atoms. The second kappa shape index (κ2) is 8.94. The minimum atomic E-state index is -1.11. The van der Waals surface area contributed by atoms with Crippen LogP contribution >= 0.6 is 0 Å². The third-order valence-electron chi connectivity index (χ3n) is 4.78. The van der Waals surface area contributed by atoms with Gasteiger partial charge in [0.05, 0.1) is 23.9 Å². The SMILES string of the molecule is CC(C)C[C@H](C(=O)O[C@@H](C)C(=O)NCc1ccco1)N1C(=O)c2ccccc2C1=O. The highest BCUT2D eigenvalue weighted by atomic mass is 16.5. The molecule has 2 aromatic rings. The van der Waals surface area contributed by atoms with E-state index >= 15 is 0 Å². The number of amides is 3. The van der Waals surface area contributed by atoms with Crippen molar-refractivity contribution < 1.29 is 28.3 Å². The number of benzene rings is 1. The fourth-order valence-electron chi connectivity index (χ4n) is 3.28. The van der Waals surface area contributed by atoms with E-state index in [1.54, 1.807) is 36.4 Å². The number of esters is 1. The van der Waals surface area contributed by atoms with E-state index in [4.69, 9.17) is 9.15 Å². The molecule has 0 fully saturated rings. The van der Waals surface area contributed by atoms with Crippen molar-refractivity contribution in [1.29, 1.82) is 0 Å². The summed E-state index contributed by atoms with van der Waals surface area (Å²) >= 11 is 0. The molecular formula is C22H24N2O6. The average molecular weight is 412 g/mol. The second-order valence-electron chi connectivity index (χ2n) is 7.55. The van der Waals surface area contributed by atoms with Crippen molar-refractivity contribution in [2.24, 2.45) is 5.92 Å². The van der Waals surface area contributed by atoms with Crippen LogP contribution in [-0.4, -0.2) is 40.7 Å². The summed E-state index contributed by atoms with van der Waals surface area (Å²) < 4.78 is 10.5. The van der Waals surface area contributed by atoms with Crippen LogP contribution in [0.2, 0.25) is 0 Å². The summed E-state index contributed by atoms with van der Waals surface area (Å²) in [6, 6.07) is 8.72. The molecule has 3 rings (SSSR count). The molecule has 1 aliphatic rings. The highest BCUT2D eigenvalue weighted by Gasteiger charge is 2.44. The Morgan fingerprint density at radius 3 is 2.20 bits per heavy atom. The Kier molecular flexibility index (Phi) is 6.34. The highest BCUT2D eigenvalue weighted by molar-refractivity contribution is 6.22. The molecule has 0 saturated heterocycles. The van der Waals surface area contributed by atoms with Crippen LogP contribution in [0.25, 0.3) is 0 Å². The fraction of sp³-hybridized carbons (Fsp3) is 0.364. The first-order chi connectivity index (χ1) is 14.3. The van der Waals surface area contributed by atoms with Crippen molar-refractivity contribution in [2.45, 2.75) is 45.9 Å². The van der Waals surface area contributed by atoms with Gasteiger partial charge in [0.25, 0.3) is 17.7 Å². The zero-order valence-corrected chi connectivity index (χ0v) is 17.1. The molecular weight excluding hydrogens is 388 g/mol. The van der Waals surface area contributed by atoms with Crippen molar-refractivity contribution in [2.75, 3.05) is 0 Å². The Labute approximate surface area is 174 Å². The Morgan fingerprint density at radius 1 is 1.03 bits per heavy atom. The largest absolute Gasteiger partial charge is 0.467 e. The van der Waals surface area contributed by atoms with Gasteiger partial charge in [0.2, 0.25) is 0 Å². The van der Waals surface area contributed by atoms with Gasteiger partial charge in [-0.15, -0.1) is 0 Å². The zero-order chi connectivity index (χ0) is 21.8. The molecule has 8 nitrogen and oxygen atoms in total. The Balaban J connectivity index is 1.71. The Morgan fingerprint density at radius 2 is 1.67 bits per heavy atom. The number of hydrogen-bond acceptors (Lipinski definition) is 6. The van der Waals surface area contributed by atoms with Gasteiger partial charge in [0, 0.05) is 0 Å². The van der Waals surface area contributed by atoms with Crippen molar-refractivity contribution in [3.8, 4) is 0 Å². The van der Waals surface area contributed by atoms with Crippen LogP contribution in [0, 0.1) is 5.92 Å². The van der Waals surface area contributed by atoms with E-state index in [1.165, 1.54) is 13.2 Å². The topological polar surface area (TPSA) is 106 Å². The van der Waals surface area contributed by atoms with Crippen molar-refractivity contribution in [1.82, 2.24) is 10.2 Å². The number of nitrogens with one attached hydrogen (secondary N) is 1. The molecule has 0 aliphatic carbocycles. The number of carbonyl (C=O) groups is 4. The first-order valence-corrected chi connectivity index (χ1v) is 9.77. The number of nitrogens with zero attached hydrogens (tertiary/aromatic N) is 1. The van der Waals surface area contributed by atoms with Crippen molar-refractivity contribution in [3.63, 3.8) is 0 Å². The van der Waals surface area contributed by atoms with Gasteiger partial charge in [-0.05, 0) is 43.5 Å². The minimum Gasteiger partial charge on any atom is -0.467 e. The zero-order valence-electron chi connectivity index (χ0n) is 17.1. The summed E-state index contributed by atoms with van der Waals surface area (Å²) in [7, 11) is 0. The normalized spacial score (nSPS) is 15.1. The summed E-state index contributed by atoms with van der Waals surface area (Å²) in [6.07, 6.45) is 0.617. The van der Waals surface area contributed by atoms with Crippen molar-refractivity contribution in [3.05, 3.63) is 59.5 Å². The molecule has 158 valence electrons. The van der Waals surface area contributed by atoms with E-state index < -0.39 is 35.8 Å². The maximum Gasteiger partial charge on any atom is 0.330 e. The van der Waals surface area contributed by atoms with Gasteiger partial charge in [0.1, 0.15) is 11.8 Å². The summed E-state index contributed by atoms with van der Waals surface area (Å²) in [6.45, 7) is 5.33. The van der Waals surface area contributed by atoms with Gasteiger partial charge in [-0.25, -0.2) is 4.79 Å². The van der Waals surface area contributed by atoms with Gasteiger partial charge in [-0.3, -0.25) is 19.3 Å². The molecule has 30 heavy (non-hydrogen) atoms. The molecule has 8 heteroatoms. The summed E-state index contributed by atoms with van der Waals surface area (Å²) in [5, 5.41) is 2.61. The Hall–Kier alpha value is -3.42. The maximum atomic E-state index is 12.9. The van der Waals surface area contributed by atoms with Crippen LogP contribution < -0.4 is 5.32 Å². The number of hydrogen-bond donors (Lipinski definition) is 1. The van der Waals surface area contributed by atoms with Gasteiger partial charge >= 0.3 is 5.97 Å². The van der Waals surface area contributed by atoms with Crippen LogP contribution in [-0.2, 0) is 20.9 Å². The van der Waals surface area contributed by atoms with Gasteiger partial charge < -0.3 is 14.5 Å². The van der Waals surface area contributed by atoms with E-state index in [9.17, 15) is 19.2 Å². The second-order valence-corrected chi connectivity index (χ2v) is 7.55. The lowest BCUT2D eigenvalue weighted by Gasteiger charge is -2.27. The van der Waals surface area contributed by atoms with Gasteiger partial charge in [-0.2, -0.15) is 0 Å². The van der Waals surface area contributed by atoms with E-state index in [1.807, 2.05) is 13.8 Å². The smallest absolute Gasteiger partial charge is 0.330 e. The standard InChI is InChI=1S/C22H24N2O6/c1-13(2)11-18(24-20(26)16-8-4-5-9-17(16)21(24)27)22(28)30-14(3)19(25)23-12-15-7-6-10-29-15/h4-10,13-14,18H,11-12H2,1-3H3,(H,23,25)/t14-,18+/m0/s1. The summed E-state index contributed by atoms with van der Waals surface area (Å²) in [4.78, 5) is 51.7. The number of imide groups is 1. The van der Waals surface area contributed by atoms with E-state index in [2.05, 4.69) is 5.32 Å². The molecule has 0 radical (unpaired) electrons. The monoisotopic (exact) mass is 412 g/mol. The van der Waals surface area contributed by atoms with E-state index in [-0.39, 0.29) is 30.0 Å². The first-order valence-electron chi connectivity index (χ1n) is 9.77. The van der Waals surface area contributed by atoms with Crippen LogP contribution in [0.1, 0.15) is 53.7 Å². The number of fused-ring (bicyclic) bond motifs is 1. The van der Waals surface area contributed by atoms with Crippen LogP contribution in [0.5, 0.6) is 0 Å². The maximum absolute atomic E-state index is 12.9. The summed E-state index contributed by atoms with van der Waals surface area (Å²) in [5.74, 6) is -1.80. The van der Waals surface area contributed by atoms with Crippen LogP contribution in [0.3, 0.4) is 0 Å². The molecule has 0 bridgehead atoms. The number of furan rings is 1. The summed E-state index contributed by atoms with van der Waals surface area (Å²) in [5.41, 5.74) is 0.515. The predicted molar refractivity (Wildman–Crippen MR) is 106 cm³/mol. The molecule has 0 unspecified atom stereocenters. The molecule has 2 heterocycles. The van der Waals surface area contributed by atoms with Crippen LogP contribution in [0.15, 0.2) is 47.1 Å². The predicted octanol–water partition coefficient (Wildman–Crippen LogP) is 2.54. The minimum absolute atomic E-state index is 0.00921. The van der Waals surface area contributed by atoms with Crippen LogP contribution in [0.4, 0.5) is 0 Å². The third-order valence-corrected chi connectivity index (χ3v) is 4.78. The molecule has 1 aromatic heterocycles. The average Bonchev–Trinajstić information content (AvgIpc) is 3.32. The van der Waals surface area contributed by atoms with Gasteiger partial charge in [-0.1, -0.05) is 26.0 Å². The first kappa shape index (κ1) is 21.3.